The number of nitrogens with zero attached hydrogens (tertiary/aromatic N) is 2. The number of aryl methyl sites for hydroxylation is 1. The maximum atomic E-state index is 14.2. The molecule has 6 heteroatoms. The van der Waals surface area contributed by atoms with E-state index in [1.807, 2.05) is 79.9 Å². The van der Waals surface area contributed by atoms with Crippen LogP contribution in [0.15, 0.2) is 130 Å². The molecule has 1 unspecified atom stereocenters. The molecule has 0 bridgehead atoms. The number of hydrogen-bond acceptors (Lipinski definition) is 4. The number of benzene rings is 4. The molecule has 0 N–H and O–H groups in total. The number of sulfonamides is 1. The van der Waals surface area contributed by atoms with Crippen molar-refractivity contribution in [3.05, 3.63) is 149 Å². The molecule has 4 aromatic rings. The quantitative estimate of drug-likeness (QED) is 0.265. The zero-order chi connectivity index (χ0) is 27.0. The fourth-order valence-corrected chi connectivity index (χ4v) is 6.23. The van der Waals surface area contributed by atoms with Crippen molar-refractivity contribution in [1.82, 2.24) is 4.90 Å². The van der Waals surface area contributed by atoms with Crippen LogP contribution in [0.4, 0.5) is 0 Å². The lowest BCUT2D eigenvalue weighted by Gasteiger charge is -2.41. The van der Waals surface area contributed by atoms with E-state index in [1.54, 1.807) is 48.5 Å². The molecule has 1 atom stereocenters. The van der Waals surface area contributed by atoms with Gasteiger partial charge in [-0.3, -0.25) is 4.79 Å². The number of allylic oxidation sites excluding steroid dienone is 1. The number of ketones is 1. The average molecular weight is 531 g/mol. The molecule has 0 aliphatic carbocycles. The molecule has 0 fully saturated rings. The zero-order valence-electron chi connectivity index (χ0n) is 21.4. The van der Waals surface area contributed by atoms with Gasteiger partial charge in [-0.1, -0.05) is 103 Å². The van der Waals surface area contributed by atoms with Gasteiger partial charge in [-0.05, 0) is 36.3 Å². The van der Waals surface area contributed by atoms with E-state index in [2.05, 4.69) is 9.30 Å². The van der Waals surface area contributed by atoms with Gasteiger partial charge in [-0.25, -0.2) is 0 Å². The first kappa shape index (κ1) is 24.8. The highest BCUT2D eigenvalue weighted by Crippen LogP contribution is 2.45. The molecule has 0 spiro atoms. The lowest BCUT2D eigenvalue weighted by atomic mass is 9.82. The fourth-order valence-electron chi connectivity index (χ4n) is 5.19. The Hall–Kier alpha value is -4.55. The normalized spacial score (nSPS) is 17.6. The number of hydrogen-bond donors (Lipinski definition) is 0. The molecular weight excluding hydrogens is 504 g/mol. The second-order valence-corrected chi connectivity index (χ2v) is 11.3. The van der Waals surface area contributed by atoms with Crippen molar-refractivity contribution < 1.29 is 13.2 Å². The summed E-state index contributed by atoms with van der Waals surface area (Å²) in [6.45, 7) is 1.90. The van der Waals surface area contributed by atoms with Crippen molar-refractivity contribution in [2.75, 3.05) is 0 Å². The van der Waals surface area contributed by atoms with E-state index in [-0.39, 0.29) is 28.9 Å². The van der Waals surface area contributed by atoms with Crippen LogP contribution in [0.5, 0.6) is 0 Å². The van der Waals surface area contributed by atoms with Gasteiger partial charge in [0.05, 0.1) is 27.9 Å². The van der Waals surface area contributed by atoms with Crippen molar-refractivity contribution in [3.63, 3.8) is 0 Å². The molecule has 2 aliphatic heterocycles. The van der Waals surface area contributed by atoms with E-state index >= 15 is 0 Å². The first-order valence-corrected chi connectivity index (χ1v) is 14.2. The lowest BCUT2D eigenvalue weighted by molar-refractivity contribution is 0.103. The summed E-state index contributed by atoms with van der Waals surface area (Å²) in [6.07, 6.45) is 4.27. The van der Waals surface area contributed by atoms with Crippen LogP contribution >= 0.6 is 0 Å². The highest BCUT2D eigenvalue weighted by Gasteiger charge is 2.39. The van der Waals surface area contributed by atoms with Crippen LogP contribution in [0.3, 0.4) is 0 Å². The van der Waals surface area contributed by atoms with Gasteiger partial charge in [0.15, 0.2) is 5.78 Å². The van der Waals surface area contributed by atoms with Gasteiger partial charge in [-0.15, -0.1) is 0 Å². The van der Waals surface area contributed by atoms with Gasteiger partial charge >= 0.3 is 0 Å². The summed E-state index contributed by atoms with van der Waals surface area (Å²) in [4.78, 5) is 16.4. The Kier molecular flexibility index (Phi) is 6.33. The van der Waals surface area contributed by atoms with Crippen molar-refractivity contribution in [3.8, 4) is 0 Å². The van der Waals surface area contributed by atoms with Gasteiger partial charge in [0.1, 0.15) is 0 Å². The molecule has 39 heavy (non-hydrogen) atoms. The number of rotatable bonds is 5. The molecule has 5 nitrogen and oxygen atoms in total. The van der Waals surface area contributed by atoms with Crippen molar-refractivity contribution in [2.24, 2.45) is 4.40 Å². The van der Waals surface area contributed by atoms with E-state index in [1.165, 1.54) is 0 Å². The van der Waals surface area contributed by atoms with E-state index in [0.717, 1.165) is 22.3 Å². The van der Waals surface area contributed by atoms with Crippen LogP contribution in [0.25, 0.3) is 11.8 Å². The summed E-state index contributed by atoms with van der Waals surface area (Å²) in [7, 11) is -4.08. The maximum Gasteiger partial charge on any atom is 0.282 e. The Balaban J connectivity index is 1.64. The molecule has 192 valence electrons. The van der Waals surface area contributed by atoms with Crippen LogP contribution < -0.4 is 0 Å². The molecule has 0 aromatic heterocycles. The first-order chi connectivity index (χ1) is 18.9. The zero-order valence-corrected chi connectivity index (χ0v) is 22.2. The molecule has 0 amide bonds. The highest BCUT2D eigenvalue weighted by atomic mass is 32.2. The average Bonchev–Trinajstić information content (AvgIpc) is 2.97. The van der Waals surface area contributed by atoms with E-state index < -0.39 is 10.0 Å². The summed E-state index contributed by atoms with van der Waals surface area (Å²) >= 11 is 0. The minimum absolute atomic E-state index is 0.0970. The lowest BCUT2D eigenvalue weighted by Crippen LogP contribution is -2.36. The molecular formula is C33H26N2O3S. The van der Waals surface area contributed by atoms with Gasteiger partial charge < -0.3 is 4.90 Å². The first-order valence-electron chi connectivity index (χ1n) is 12.8. The van der Waals surface area contributed by atoms with Crippen LogP contribution in [0.2, 0.25) is 0 Å². The molecule has 2 heterocycles. The smallest absolute Gasteiger partial charge is 0.282 e. The van der Waals surface area contributed by atoms with Gasteiger partial charge in [0.25, 0.3) is 10.0 Å². The third kappa shape index (κ3) is 4.64. The predicted octanol–water partition coefficient (Wildman–Crippen LogP) is 6.85. The van der Waals surface area contributed by atoms with E-state index in [0.29, 0.717) is 16.8 Å². The largest absolute Gasteiger partial charge is 0.339 e. The van der Waals surface area contributed by atoms with Crippen LogP contribution in [0.1, 0.15) is 45.1 Å². The third-order valence-corrected chi connectivity index (χ3v) is 8.46. The Morgan fingerprint density at radius 2 is 1.46 bits per heavy atom. The summed E-state index contributed by atoms with van der Waals surface area (Å²) < 4.78 is 31.6. The second-order valence-electron chi connectivity index (χ2n) is 9.69. The van der Waals surface area contributed by atoms with Gasteiger partial charge in [-0.2, -0.15) is 12.8 Å². The third-order valence-electron chi connectivity index (χ3n) is 7.13. The van der Waals surface area contributed by atoms with Crippen LogP contribution in [-0.2, 0) is 10.0 Å². The summed E-state index contributed by atoms with van der Waals surface area (Å²) in [5.74, 6) is -0.259. The summed E-state index contributed by atoms with van der Waals surface area (Å²) in [5.41, 5.74) is 5.48. The molecule has 2 aliphatic rings. The second kappa shape index (κ2) is 9.97. The maximum absolute atomic E-state index is 14.2. The minimum Gasteiger partial charge on any atom is -0.339 e. The number of carbonyl (C=O) groups excluding carboxylic acids is 1. The SMILES string of the molecule is Cc1ccc(S(=O)(=O)/N=C2\CC(c3ccccc3)N3C=Cc4ccccc4C3=C2C(=O)c2ccccc2)cc1. The van der Waals surface area contributed by atoms with Crippen molar-refractivity contribution in [2.45, 2.75) is 24.3 Å². The Morgan fingerprint density at radius 1 is 0.821 bits per heavy atom. The standard InChI is InChI=1S/C33H26N2O3S/c1-23-16-18-27(19-17-23)39(37,38)34-29-22-30(25-11-4-2-5-12-25)35-21-20-24-10-8-9-15-28(24)32(35)31(29)33(36)26-13-6-3-7-14-26/h2-21,30H,22H2,1H3/b34-29+. The van der Waals surface area contributed by atoms with Crippen LogP contribution in [0, 0.1) is 6.92 Å². The van der Waals surface area contributed by atoms with Crippen LogP contribution in [-0.4, -0.2) is 24.8 Å². The highest BCUT2D eigenvalue weighted by molar-refractivity contribution is 7.90. The van der Waals surface area contributed by atoms with Gasteiger partial charge in [0.2, 0.25) is 0 Å². The minimum atomic E-state index is -4.08. The molecule has 4 aromatic carbocycles. The van der Waals surface area contributed by atoms with Gasteiger partial charge in [0, 0.05) is 23.7 Å². The predicted molar refractivity (Wildman–Crippen MR) is 155 cm³/mol. The Morgan fingerprint density at radius 3 is 2.18 bits per heavy atom. The Labute approximate surface area is 228 Å². The topological polar surface area (TPSA) is 66.8 Å². The number of carbonyl (C=O) groups is 1. The molecule has 0 saturated carbocycles. The summed E-state index contributed by atoms with van der Waals surface area (Å²) in [6, 6.07) is 33.1. The summed E-state index contributed by atoms with van der Waals surface area (Å²) in [5, 5.41) is 0. The fraction of sp³-hybridized carbons (Fsp3) is 0.0909. The Bertz CT molecular complexity index is 1750. The molecule has 0 radical (unpaired) electrons. The number of fused-ring (bicyclic) bond motifs is 3. The number of Topliss-reactive ketones (excluding diaryl/α,β-unsaturated/α-hetero) is 1. The molecule has 0 saturated heterocycles. The van der Waals surface area contributed by atoms with E-state index in [4.69, 9.17) is 0 Å². The molecule has 6 rings (SSSR count). The van der Waals surface area contributed by atoms with Crippen molar-refractivity contribution >= 4 is 33.3 Å². The monoisotopic (exact) mass is 530 g/mol. The van der Waals surface area contributed by atoms with Crippen molar-refractivity contribution in [1.29, 1.82) is 0 Å². The van der Waals surface area contributed by atoms with E-state index in [9.17, 15) is 13.2 Å².